The van der Waals surface area contributed by atoms with Crippen molar-refractivity contribution in [3.05, 3.63) is 35.7 Å². The van der Waals surface area contributed by atoms with Gasteiger partial charge in [-0.15, -0.1) is 0 Å². The summed E-state index contributed by atoms with van der Waals surface area (Å²) in [4.78, 5) is 8.00. The van der Waals surface area contributed by atoms with Crippen molar-refractivity contribution < 1.29 is 9.47 Å². The minimum Gasteiger partial charge on any atom is -0.497 e. The van der Waals surface area contributed by atoms with Gasteiger partial charge >= 0.3 is 0 Å². The van der Waals surface area contributed by atoms with Gasteiger partial charge in [-0.3, -0.25) is 0 Å². The maximum Gasteiger partial charge on any atom is 0.123 e. The summed E-state index contributed by atoms with van der Waals surface area (Å²) >= 11 is 6.04. The average Bonchev–Trinajstić information content (AvgIpc) is 2.38. The Kier molecular flexibility index (Phi) is 3.44. The summed E-state index contributed by atoms with van der Waals surface area (Å²) in [6.45, 7) is 0. The molecule has 0 aliphatic rings. The first-order chi connectivity index (χ1) is 8.24. The van der Waals surface area contributed by atoms with E-state index < -0.39 is 0 Å². The molecule has 0 N–H and O–H groups in total. The molecule has 0 atom stereocenters. The molecule has 1 aromatic heterocycles. The van der Waals surface area contributed by atoms with Crippen LogP contribution in [0.3, 0.4) is 0 Å². The lowest BCUT2D eigenvalue weighted by atomic mass is 10.1. The summed E-state index contributed by atoms with van der Waals surface area (Å²) in [7, 11) is 3.19. The van der Waals surface area contributed by atoms with Crippen molar-refractivity contribution in [2.24, 2.45) is 0 Å². The van der Waals surface area contributed by atoms with Gasteiger partial charge in [0.15, 0.2) is 0 Å². The van der Waals surface area contributed by atoms with Crippen LogP contribution in [0.1, 0.15) is 0 Å². The number of methoxy groups -OCH3 is 2. The Bertz CT molecular complexity index is 509. The van der Waals surface area contributed by atoms with Crippen LogP contribution in [0.2, 0.25) is 5.02 Å². The third-order valence-electron chi connectivity index (χ3n) is 2.29. The highest BCUT2D eigenvalue weighted by atomic mass is 35.5. The molecule has 5 heteroatoms. The summed E-state index contributed by atoms with van der Waals surface area (Å²) in [5.74, 6) is 1.38. The predicted molar refractivity (Wildman–Crippen MR) is 65.6 cm³/mol. The van der Waals surface area contributed by atoms with E-state index in [1.54, 1.807) is 26.5 Å². The largest absolute Gasteiger partial charge is 0.497 e. The van der Waals surface area contributed by atoms with E-state index in [1.807, 2.05) is 12.1 Å². The number of hydrogen-bond acceptors (Lipinski definition) is 4. The Balaban J connectivity index is 2.55. The van der Waals surface area contributed by atoms with E-state index in [2.05, 4.69) is 9.97 Å². The Morgan fingerprint density at radius 1 is 1.06 bits per heavy atom. The van der Waals surface area contributed by atoms with E-state index in [9.17, 15) is 0 Å². The lowest BCUT2D eigenvalue weighted by Gasteiger charge is -2.08. The van der Waals surface area contributed by atoms with Crippen LogP contribution in [0, 0.1) is 0 Å². The fourth-order valence-electron chi connectivity index (χ4n) is 1.47. The molecule has 0 unspecified atom stereocenters. The smallest absolute Gasteiger partial charge is 0.123 e. The number of halogens is 1. The third kappa shape index (κ3) is 2.47. The summed E-state index contributed by atoms with van der Waals surface area (Å²) in [5, 5.41) is 0.489. The van der Waals surface area contributed by atoms with Crippen LogP contribution in [-0.2, 0) is 0 Å². The molecule has 4 nitrogen and oxygen atoms in total. The number of rotatable bonds is 3. The maximum atomic E-state index is 6.04. The fraction of sp³-hybridized carbons (Fsp3) is 0.167. The molecule has 0 radical (unpaired) electrons. The first kappa shape index (κ1) is 11.7. The standard InChI is InChI=1S/C12H11ClN2O2/c1-16-9-3-8(4-10(5-9)17-2)12-11(13)6-14-7-15-12/h3-7H,1-2H3. The van der Waals surface area contributed by atoms with Crippen LogP contribution in [0.5, 0.6) is 11.5 Å². The summed E-state index contributed by atoms with van der Waals surface area (Å²) in [6, 6.07) is 5.48. The molecule has 0 bridgehead atoms. The van der Waals surface area contributed by atoms with Gasteiger partial charge < -0.3 is 9.47 Å². The lowest BCUT2D eigenvalue weighted by molar-refractivity contribution is 0.394. The van der Waals surface area contributed by atoms with Crippen LogP contribution >= 0.6 is 11.6 Å². The van der Waals surface area contributed by atoms with E-state index in [0.29, 0.717) is 22.2 Å². The Morgan fingerprint density at radius 2 is 1.71 bits per heavy atom. The molecule has 1 heterocycles. The molecule has 2 rings (SSSR count). The van der Waals surface area contributed by atoms with E-state index in [0.717, 1.165) is 5.56 Å². The number of benzene rings is 1. The topological polar surface area (TPSA) is 44.2 Å². The van der Waals surface area contributed by atoms with E-state index in [-0.39, 0.29) is 0 Å². The number of nitrogens with zero attached hydrogens (tertiary/aromatic N) is 2. The van der Waals surface area contributed by atoms with Gasteiger partial charge in [-0.2, -0.15) is 0 Å². The quantitative estimate of drug-likeness (QED) is 0.840. The normalized spacial score (nSPS) is 10.1. The van der Waals surface area contributed by atoms with Gasteiger partial charge in [0.2, 0.25) is 0 Å². The second-order valence-electron chi connectivity index (χ2n) is 3.32. The monoisotopic (exact) mass is 250 g/mol. The molecule has 88 valence electrons. The van der Waals surface area contributed by atoms with Crippen molar-refractivity contribution >= 4 is 11.6 Å². The highest BCUT2D eigenvalue weighted by Crippen LogP contribution is 2.31. The minimum atomic E-state index is 0.489. The van der Waals surface area contributed by atoms with Crippen LogP contribution in [0.4, 0.5) is 0 Å². The first-order valence-electron chi connectivity index (χ1n) is 4.93. The molecule has 0 spiro atoms. The fourth-order valence-corrected chi connectivity index (χ4v) is 1.68. The molecule has 0 aliphatic heterocycles. The highest BCUT2D eigenvalue weighted by molar-refractivity contribution is 6.32. The molecule has 0 amide bonds. The zero-order valence-electron chi connectivity index (χ0n) is 9.48. The second kappa shape index (κ2) is 5.01. The Labute approximate surface area is 104 Å². The van der Waals surface area contributed by atoms with Crippen molar-refractivity contribution in [2.45, 2.75) is 0 Å². The van der Waals surface area contributed by atoms with Crippen molar-refractivity contribution in [2.75, 3.05) is 14.2 Å². The van der Waals surface area contributed by atoms with Crippen LogP contribution < -0.4 is 9.47 Å². The zero-order chi connectivity index (χ0) is 12.3. The van der Waals surface area contributed by atoms with Crippen LogP contribution in [0.25, 0.3) is 11.3 Å². The van der Waals surface area contributed by atoms with Gasteiger partial charge in [0.05, 0.1) is 24.9 Å². The SMILES string of the molecule is COc1cc(OC)cc(-c2ncncc2Cl)c1. The maximum absolute atomic E-state index is 6.04. The molecule has 1 aromatic carbocycles. The van der Waals surface area contributed by atoms with Gasteiger partial charge in [0.25, 0.3) is 0 Å². The van der Waals surface area contributed by atoms with E-state index in [1.165, 1.54) is 6.33 Å². The second-order valence-corrected chi connectivity index (χ2v) is 3.73. The van der Waals surface area contributed by atoms with Gasteiger partial charge in [0.1, 0.15) is 17.8 Å². The van der Waals surface area contributed by atoms with E-state index >= 15 is 0 Å². The number of aromatic nitrogens is 2. The van der Waals surface area contributed by atoms with Gasteiger partial charge in [-0.1, -0.05) is 11.6 Å². The minimum absolute atomic E-state index is 0.489. The highest BCUT2D eigenvalue weighted by Gasteiger charge is 2.08. The van der Waals surface area contributed by atoms with Gasteiger partial charge in [-0.25, -0.2) is 9.97 Å². The van der Waals surface area contributed by atoms with Gasteiger partial charge in [0, 0.05) is 17.8 Å². The van der Waals surface area contributed by atoms with Crippen molar-refractivity contribution in [1.29, 1.82) is 0 Å². The molecular weight excluding hydrogens is 240 g/mol. The molecule has 2 aromatic rings. The summed E-state index contributed by atoms with van der Waals surface area (Å²) in [6.07, 6.45) is 3.00. The van der Waals surface area contributed by atoms with Crippen molar-refractivity contribution in [1.82, 2.24) is 9.97 Å². The van der Waals surface area contributed by atoms with Crippen molar-refractivity contribution in [3.8, 4) is 22.8 Å². The summed E-state index contributed by atoms with van der Waals surface area (Å²) in [5.41, 5.74) is 1.48. The molecule has 0 saturated carbocycles. The molecule has 0 saturated heterocycles. The van der Waals surface area contributed by atoms with Crippen molar-refractivity contribution in [3.63, 3.8) is 0 Å². The third-order valence-corrected chi connectivity index (χ3v) is 2.57. The number of ether oxygens (including phenoxy) is 2. The molecule has 17 heavy (non-hydrogen) atoms. The Morgan fingerprint density at radius 3 is 2.24 bits per heavy atom. The van der Waals surface area contributed by atoms with Gasteiger partial charge in [-0.05, 0) is 12.1 Å². The molecular formula is C12H11ClN2O2. The average molecular weight is 251 g/mol. The van der Waals surface area contributed by atoms with Crippen LogP contribution in [-0.4, -0.2) is 24.2 Å². The van der Waals surface area contributed by atoms with Crippen LogP contribution in [0.15, 0.2) is 30.7 Å². The van der Waals surface area contributed by atoms with E-state index in [4.69, 9.17) is 21.1 Å². The summed E-state index contributed by atoms with van der Waals surface area (Å²) < 4.78 is 10.4. The lowest BCUT2D eigenvalue weighted by Crippen LogP contribution is -1.91. The predicted octanol–water partition coefficient (Wildman–Crippen LogP) is 2.81. The number of hydrogen-bond donors (Lipinski definition) is 0. The molecule has 0 aliphatic carbocycles. The zero-order valence-corrected chi connectivity index (χ0v) is 10.2. The first-order valence-corrected chi connectivity index (χ1v) is 5.31. The Hall–Kier alpha value is -1.81. The molecule has 0 fully saturated rings.